The monoisotopic (exact) mass is 277 g/mol. The van der Waals surface area contributed by atoms with Crippen LogP contribution in [0.1, 0.15) is 24.0 Å². The van der Waals surface area contributed by atoms with E-state index in [0.29, 0.717) is 5.92 Å². The molecule has 1 fully saturated rings. The number of rotatable bonds is 4. The summed E-state index contributed by atoms with van der Waals surface area (Å²) >= 11 is 0. The molecule has 0 spiro atoms. The Bertz CT molecular complexity index is 465. The zero-order chi connectivity index (χ0) is 14.5. The molecular formula is C16H23NO3. The molecule has 0 aromatic heterocycles. The van der Waals surface area contributed by atoms with Crippen LogP contribution >= 0.6 is 0 Å². The van der Waals surface area contributed by atoms with Crippen LogP contribution in [0.2, 0.25) is 0 Å². The first kappa shape index (κ1) is 14.9. The maximum atomic E-state index is 12.1. The van der Waals surface area contributed by atoms with Gasteiger partial charge in [-0.2, -0.15) is 0 Å². The smallest absolute Gasteiger partial charge is 0.260 e. The van der Waals surface area contributed by atoms with E-state index < -0.39 is 0 Å². The number of aliphatic hydroxyl groups excluding tert-OH is 1. The summed E-state index contributed by atoms with van der Waals surface area (Å²) in [5, 5.41) is 9.10. The highest BCUT2D eigenvalue weighted by atomic mass is 16.5. The van der Waals surface area contributed by atoms with Gasteiger partial charge in [-0.25, -0.2) is 0 Å². The van der Waals surface area contributed by atoms with Gasteiger partial charge in [-0.1, -0.05) is 12.1 Å². The Kier molecular flexibility index (Phi) is 5.01. The van der Waals surface area contributed by atoms with Crippen LogP contribution < -0.4 is 4.74 Å². The fraction of sp³-hybridized carbons (Fsp3) is 0.562. The van der Waals surface area contributed by atoms with Gasteiger partial charge in [-0.3, -0.25) is 4.79 Å². The van der Waals surface area contributed by atoms with Gasteiger partial charge in [0.05, 0.1) is 0 Å². The molecule has 0 radical (unpaired) electrons. The number of benzene rings is 1. The number of hydrogen-bond acceptors (Lipinski definition) is 3. The Morgan fingerprint density at radius 1 is 1.35 bits per heavy atom. The summed E-state index contributed by atoms with van der Waals surface area (Å²) in [7, 11) is 0. The van der Waals surface area contributed by atoms with Crippen LogP contribution in [-0.2, 0) is 4.79 Å². The summed E-state index contributed by atoms with van der Waals surface area (Å²) in [5.41, 5.74) is 2.25. The molecule has 1 aromatic rings. The Balaban J connectivity index is 1.85. The van der Waals surface area contributed by atoms with Crippen molar-refractivity contribution in [3.63, 3.8) is 0 Å². The molecule has 0 bridgehead atoms. The largest absolute Gasteiger partial charge is 0.483 e. The number of aryl methyl sites for hydroxylation is 1. The molecule has 1 aliphatic rings. The molecule has 4 heteroatoms. The van der Waals surface area contributed by atoms with E-state index in [9.17, 15) is 4.79 Å². The highest BCUT2D eigenvalue weighted by Gasteiger charge is 2.22. The SMILES string of the molecule is Cc1cccc(OCC(=O)N2CCC(CO)CC2)c1C. The number of likely N-dealkylation sites (tertiary alicyclic amines) is 1. The molecule has 4 nitrogen and oxygen atoms in total. The van der Waals surface area contributed by atoms with Crippen molar-refractivity contribution in [2.24, 2.45) is 5.92 Å². The Morgan fingerprint density at radius 2 is 2.05 bits per heavy atom. The number of aliphatic hydroxyl groups is 1. The zero-order valence-electron chi connectivity index (χ0n) is 12.3. The van der Waals surface area contributed by atoms with Crippen molar-refractivity contribution in [2.75, 3.05) is 26.3 Å². The van der Waals surface area contributed by atoms with E-state index in [-0.39, 0.29) is 19.1 Å². The van der Waals surface area contributed by atoms with E-state index in [1.807, 2.05) is 36.9 Å². The number of hydrogen-bond donors (Lipinski definition) is 1. The van der Waals surface area contributed by atoms with Crippen molar-refractivity contribution in [3.8, 4) is 5.75 Å². The molecule has 1 aromatic carbocycles. The van der Waals surface area contributed by atoms with E-state index in [0.717, 1.165) is 37.2 Å². The second-order valence-electron chi connectivity index (χ2n) is 5.49. The maximum absolute atomic E-state index is 12.1. The minimum atomic E-state index is 0.0299. The van der Waals surface area contributed by atoms with Crippen molar-refractivity contribution in [1.82, 2.24) is 4.90 Å². The number of piperidine rings is 1. The van der Waals surface area contributed by atoms with Gasteiger partial charge in [0, 0.05) is 19.7 Å². The number of ether oxygens (including phenoxy) is 1. The van der Waals surface area contributed by atoms with E-state index in [1.165, 1.54) is 5.56 Å². The summed E-state index contributed by atoms with van der Waals surface area (Å²) < 4.78 is 5.65. The number of amides is 1. The summed E-state index contributed by atoms with van der Waals surface area (Å²) in [6.07, 6.45) is 1.76. The van der Waals surface area contributed by atoms with Crippen LogP contribution in [0.3, 0.4) is 0 Å². The van der Waals surface area contributed by atoms with Crippen LogP contribution in [0.25, 0.3) is 0 Å². The van der Waals surface area contributed by atoms with Gasteiger partial charge in [-0.05, 0) is 49.8 Å². The maximum Gasteiger partial charge on any atom is 0.260 e. The van der Waals surface area contributed by atoms with Gasteiger partial charge in [0.1, 0.15) is 5.75 Å². The van der Waals surface area contributed by atoms with Crippen LogP contribution in [-0.4, -0.2) is 42.2 Å². The summed E-state index contributed by atoms with van der Waals surface area (Å²) in [5.74, 6) is 1.16. The van der Waals surface area contributed by atoms with Gasteiger partial charge in [0.25, 0.3) is 5.91 Å². The topological polar surface area (TPSA) is 49.8 Å². The molecule has 1 heterocycles. The van der Waals surface area contributed by atoms with Crippen molar-refractivity contribution in [1.29, 1.82) is 0 Å². The first-order valence-corrected chi connectivity index (χ1v) is 7.19. The van der Waals surface area contributed by atoms with Crippen LogP contribution in [0.5, 0.6) is 5.75 Å². The van der Waals surface area contributed by atoms with E-state index in [1.54, 1.807) is 0 Å². The third-order valence-corrected chi connectivity index (χ3v) is 4.13. The third kappa shape index (κ3) is 3.51. The summed E-state index contributed by atoms with van der Waals surface area (Å²) in [4.78, 5) is 13.9. The molecule has 1 aliphatic heterocycles. The lowest BCUT2D eigenvalue weighted by atomic mass is 9.98. The predicted octanol–water partition coefficient (Wildman–Crippen LogP) is 1.91. The Labute approximate surface area is 120 Å². The van der Waals surface area contributed by atoms with Crippen LogP contribution in [0.15, 0.2) is 18.2 Å². The number of carbonyl (C=O) groups is 1. The summed E-state index contributed by atoms with van der Waals surface area (Å²) in [6.45, 7) is 5.79. The van der Waals surface area contributed by atoms with E-state index in [2.05, 4.69) is 0 Å². The zero-order valence-corrected chi connectivity index (χ0v) is 12.3. The van der Waals surface area contributed by atoms with Crippen molar-refractivity contribution < 1.29 is 14.6 Å². The van der Waals surface area contributed by atoms with Crippen molar-refractivity contribution in [2.45, 2.75) is 26.7 Å². The van der Waals surface area contributed by atoms with Crippen molar-refractivity contribution >= 4 is 5.91 Å². The molecule has 1 N–H and O–H groups in total. The third-order valence-electron chi connectivity index (χ3n) is 4.13. The van der Waals surface area contributed by atoms with Crippen LogP contribution in [0, 0.1) is 19.8 Å². The molecule has 0 atom stereocenters. The molecule has 110 valence electrons. The first-order valence-electron chi connectivity index (χ1n) is 7.19. The normalized spacial score (nSPS) is 16.2. The fourth-order valence-corrected chi connectivity index (χ4v) is 2.48. The highest BCUT2D eigenvalue weighted by Crippen LogP contribution is 2.21. The second kappa shape index (κ2) is 6.75. The standard InChI is InChI=1S/C16H23NO3/c1-12-4-3-5-15(13(12)2)20-11-16(19)17-8-6-14(10-18)7-9-17/h3-5,14,18H,6-11H2,1-2H3. The van der Waals surface area contributed by atoms with Gasteiger partial charge in [-0.15, -0.1) is 0 Å². The lowest BCUT2D eigenvalue weighted by molar-refractivity contribution is -0.135. The fourth-order valence-electron chi connectivity index (χ4n) is 2.48. The number of nitrogens with zero attached hydrogens (tertiary/aromatic N) is 1. The molecule has 1 amide bonds. The molecule has 0 saturated carbocycles. The molecular weight excluding hydrogens is 254 g/mol. The Morgan fingerprint density at radius 3 is 2.70 bits per heavy atom. The van der Waals surface area contributed by atoms with Gasteiger partial charge in [0.2, 0.25) is 0 Å². The molecule has 20 heavy (non-hydrogen) atoms. The minimum absolute atomic E-state index is 0.0299. The molecule has 1 saturated heterocycles. The quantitative estimate of drug-likeness (QED) is 0.914. The molecule has 0 aliphatic carbocycles. The van der Waals surface area contributed by atoms with E-state index in [4.69, 9.17) is 9.84 Å². The lowest BCUT2D eigenvalue weighted by Gasteiger charge is -2.31. The highest BCUT2D eigenvalue weighted by molar-refractivity contribution is 5.77. The average Bonchev–Trinajstić information content (AvgIpc) is 2.48. The first-order chi connectivity index (χ1) is 9.61. The molecule has 0 unspecified atom stereocenters. The average molecular weight is 277 g/mol. The van der Waals surface area contributed by atoms with Crippen molar-refractivity contribution in [3.05, 3.63) is 29.3 Å². The second-order valence-corrected chi connectivity index (χ2v) is 5.49. The minimum Gasteiger partial charge on any atom is -0.483 e. The number of carbonyl (C=O) groups excluding carboxylic acids is 1. The van der Waals surface area contributed by atoms with Gasteiger partial charge >= 0.3 is 0 Å². The lowest BCUT2D eigenvalue weighted by Crippen LogP contribution is -2.41. The van der Waals surface area contributed by atoms with Gasteiger partial charge < -0.3 is 14.7 Å². The Hall–Kier alpha value is -1.55. The summed E-state index contributed by atoms with van der Waals surface area (Å²) in [6, 6.07) is 5.87. The van der Waals surface area contributed by atoms with Gasteiger partial charge in [0.15, 0.2) is 6.61 Å². The van der Waals surface area contributed by atoms with E-state index >= 15 is 0 Å². The molecule has 2 rings (SSSR count). The predicted molar refractivity (Wildman–Crippen MR) is 77.8 cm³/mol. The van der Waals surface area contributed by atoms with Crippen LogP contribution in [0.4, 0.5) is 0 Å².